The Morgan fingerprint density at radius 1 is 1.18 bits per heavy atom. The van der Waals surface area contributed by atoms with Crippen molar-refractivity contribution < 1.29 is 19.1 Å². The first kappa shape index (κ1) is 18.8. The average Bonchev–Trinajstić information content (AvgIpc) is 3.22. The summed E-state index contributed by atoms with van der Waals surface area (Å²) < 4.78 is 12.4. The molecule has 3 aromatic rings. The van der Waals surface area contributed by atoms with Crippen LogP contribution in [0.4, 0.5) is 5.69 Å². The zero-order valence-corrected chi connectivity index (χ0v) is 17.0. The van der Waals surface area contributed by atoms with Crippen molar-refractivity contribution in [1.29, 1.82) is 0 Å². The first-order valence-electron chi connectivity index (χ1n) is 8.80. The lowest BCUT2D eigenvalue weighted by molar-refractivity contribution is -0.121. The number of aromatic nitrogens is 1. The normalized spacial score (nSPS) is 16.8. The average molecular weight is 415 g/mol. The topological polar surface area (TPSA) is 68.7 Å². The highest BCUT2D eigenvalue weighted by atomic mass is 32.2. The molecule has 1 atom stereocenters. The molecule has 144 valence electrons. The van der Waals surface area contributed by atoms with Gasteiger partial charge in [-0.1, -0.05) is 11.8 Å². The number of hydrogen-bond donors (Lipinski definition) is 0. The van der Waals surface area contributed by atoms with Crippen LogP contribution in [0.5, 0.6) is 11.5 Å². The van der Waals surface area contributed by atoms with Crippen LogP contribution >= 0.6 is 23.1 Å². The summed E-state index contributed by atoms with van der Waals surface area (Å²) in [4.78, 5) is 31.1. The van der Waals surface area contributed by atoms with Crippen LogP contribution in [0.1, 0.15) is 13.3 Å². The number of methoxy groups -OCH3 is 1. The fourth-order valence-corrected chi connectivity index (χ4v) is 5.37. The van der Waals surface area contributed by atoms with E-state index < -0.39 is 5.25 Å². The summed E-state index contributed by atoms with van der Waals surface area (Å²) >= 11 is 2.85. The molecule has 2 aromatic carbocycles. The molecule has 0 bridgehead atoms. The third kappa shape index (κ3) is 3.57. The Morgan fingerprint density at radius 3 is 2.64 bits per heavy atom. The van der Waals surface area contributed by atoms with Crippen molar-refractivity contribution in [3.63, 3.8) is 0 Å². The molecule has 1 aromatic heterocycles. The SMILES string of the molecule is CCOc1ccc2nc(S[C@@H]3CC(=O)N(c4ccc(OC)cc4)C3=O)sc2c1. The summed E-state index contributed by atoms with van der Waals surface area (Å²) in [5.41, 5.74) is 1.42. The number of fused-ring (bicyclic) bond motifs is 1. The van der Waals surface area contributed by atoms with Gasteiger partial charge >= 0.3 is 0 Å². The molecule has 2 heterocycles. The standard InChI is InChI=1S/C20H18N2O4S2/c1-3-26-14-8-9-15-16(10-14)27-20(21-15)28-17-11-18(23)22(19(17)24)12-4-6-13(25-2)7-5-12/h4-10,17H,3,11H2,1-2H3/t17-/m1/s1. The molecular weight excluding hydrogens is 396 g/mol. The number of thiazole rings is 1. The van der Waals surface area contributed by atoms with Crippen LogP contribution in [0.15, 0.2) is 46.8 Å². The Morgan fingerprint density at radius 2 is 1.93 bits per heavy atom. The van der Waals surface area contributed by atoms with Gasteiger partial charge in [-0.2, -0.15) is 0 Å². The number of rotatable bonds is 6. The second-order valence-corrected chi connectivity index (χ2v) is 8.60. The van der Waals surface area contributed by atoms with Gasteiger partial charge in [-0.3, -0.25) is 9.59 Å². The molecule has 0 unspecified atom stereocenters. The molecule has 0 aliphatic carbocycles. The smallest absolute Gasteiger partial charge is 0.247 e. The van der Waals surface area contributed by atoms with Crippen LogP contribution in [-0.2, 0) is 9.59 Å². The maximum Gasteiger partial charge on any atom is 0.247 e. The minimum atomic E-state index is -0.471. The fraction of sp³-hybridized carbons (Fsp3) is 0.250. The summed E-state index contributed by atoms with van der Waals surface area (Å²) in [6.07, 6.45) is 0.162. The maximum absolute atomic E-state index is 12.8. The van der Waals surface area contributed by atoms with Gasteiger partial charge in [0.05, 0.1) is 29.6 Å². The van der Waals surface area contributed by atoms with Crippen LogP contribution < -0.4 is 14.4 Å². The molecule has 1 saturated heterocycles. The molecule has 4 rings (SSSR count). The number of carbonyl (C=O) groups excluding carboxylic acids is 2. The lowest BCUT2D eigenvalue weighted by Gasteiger charge is -2.15. The van der Waals surface area contributed by atoms with E-state index in [2.05, 4.69) is 4.98 Å². The number of amides is 2. The molecule has 8 heteroatoms. The molecule has 28 heavy (non-hydrogen) atoms. The van der Waals surface area contributed by atoms with E-state index in [4.69, 9.17) is 9.47 Å². The van der Waals surface area contributed by atoms with E-state index in [-0.39, 0.29) is 18.2 Å². The van der Waals surface area contributed by atoms with Crippen molar-refractivity contribution in [3.8, 4) is 11.5 Å². The lowest BCUT2D eigenvalue weighted by atomic mass is 10.3. The van der Waals surface area contributed by atoms with Crippen molar-refractivity contribution in [2.24, 2.45) is 0 Å². The minimum absolute atomic E-state index is 0.162. The van der Waals surface area contributed by atoms with E-state index in [0.717, 1.165) is 20.3 Å². The number of ether oxygens (including phenoxy) is 2. The summed E-state index contributed by atoms with van der Waals surface area (Å²) in [7, 11) is 1.57. The maximum atomic E-state index is 12.8. The summed E-state index contributed by atoms with van der Waals surface area (Å²) in [5.74, 6) is 1.06. The summed E-state index contributed by atoms with van der Waals surface area (Å²) in [6, 6.07) is 12.6. The monoisotopic (exact) mass is 414 g/mol. The summed E-state index contributed by atoms with van der Waals surface area (Å²) in [5, 5.41) is -0.471. The van der Waals surface area contributed by atoms with Crippen molar-refractivity contribution in [3.05, 3.63) is 42.5 Å². The molecule has 2 amide bonds. The van der Waals surface area contributed by atoms with E-state index in [0.29, 0.717) is 18.0 Å². The summed E-state index contributed by atoms with van der Waals surface area (Å²) in [6.45, 7) is 2.54. The van der Waals surface area contributed by atoms with E-state index >= 15 is 0 Å². The van der Waals surface area contributed by atoms with Crippen LogP contribution in [0.25, 0.3) is 10.2 Å². The zero-order valence-electron chi connectivity index (χ0n) is 15.4. The first-order valence-corrected chi connectivity index (χ1v) is 10.5. The van der Waals surface area contributed by atoms with Gasteiger partial charge in [-0.25, -0.2) is 9.88 Å². The lowest BCUT2D eigenvalue weighted by Crippen LogP contribution is -2.31. The van der Waals surface area contributed by atoms with Crippen molar-refractivity contribution in [1.82, 2.24) is 4.98 Å². The van der Waals surface area contributed by atoms with Gasteiger partial charge in [-0.05, 0) is 49.4 Å². The number of benzene rings is 2. The number of hydrogen-bond acceptors (Lipinski definition) is 7. The quantitative estimate of drug-likeness (QED) is 0.565. The number of anilines is 1. The van der Waals surface area contributed by atoms with Gasteiger partial charge in [-0.15, -0.1) is 11.3 Å². The van der Waals surface area contributed by atoms with Crippen LogP contribution in [-0.4, -0.2) is 35.8 Å². The van der Waals surface area contributed by atoms with E-state index in [1.807, 2.05) is 25.1 Å². The predicted molar refractivity (Wildman–Crippen MR) is 111 cm³/mol. The van der Waals surface area contributed by atoms with Gasteiger partial charge in [0.15, 0.2) is 4.34 Å². The van der Waals surface area contributed by atoms with Crippen LogP contribution in [0, 0.1) is 0 Å². The van der Waals surface area contributed by atoms with Crippen LogP contribution in [0.2, 0.25) is 0 Å². The Kier molecular flexibility index (Phi) is 5.23. The molecule has 0 N–H and O–H groups in total. The highest BCUT2D eigenvalue weighted by Crippen LogP contribution is 2.38. The Hall–Kier alpha value is -2.58. The second-order valence-electron chi connectivity index (χ2n) is 6.12. The van der Waals surface area contributed by atoms with E-state index in [9.17, 15) is 9.59 Å². The first-order chi connectivity index (χ1) is 13.6. The van der Waals surface area contributed by atoms with E-state index in [1.165, 1.54) is 28.0 Å². The second kappa shape index (κ2) is 7.81. The van der Waals surface area contributed by atoms with Gasteiger partial charge in [0.25, 0.3) is 0 Å². The highest BCUT2D eigenvalue weighted by Gasteiger charge is 2.40. The molecular formula is C20H18N2O4S2. The van der Waals surface area contributed by atoms with Gasteiger partial charge < -0.3 is 9.47 Å². The van der Waals surface area contributed by atoms with Gasteiger partial charge in [0, 0.05) is 6.42 Å². The molecule has 1 aliphatic rings. The van der Waals surface area contributed by atoms with Gasteiger partial charge in [0.1, 0.15) is 16.7 Å². The number of thioether (sulfide) groups is 1. The highest BCUT2D eigenvalue weighted by molar-refractivity contribution is 8.02. The molecule has 0 saturated carbocycles. The number of nitrogens with zero attached hydrogens (tertiary/aromatic N) is 2. The minimum Gasteiger partial charge on any atom is -0.497 e. The Labute approximate surface area is 170 Å². The third-order valence-corrected chi connectivity index (χ3v) is 6.63. The third-order valence-electron chi connectivity index (χ3n) is 4.33. The Bertz CT molecular complexity index is 1030. The molecule has 1 fully saturated rings. The predicted octanol–water partition coefficient (Wildman–Crippen LogP) is 4.13. The number of carbonyl (C=O) groups is 2. The molecule has 6 nitrogen and oxygen atoms in total. The van der Waals surface area contributed by atoms with E-state index in [1.54, 1.807) is 31.4 Å². The van der Waals surface area contributed by atoms with Crippen molar-refractivity contribution in [2.45, 2.75) is 22.9 Å². The molecule has 1 aliphatic heterocycles. The fourth-order valence-electron chi connectivity index (χ4n) is 3.01. The van der Waals surface area contributed by atoms with Crippen molar-refractivity contribution >= 4 is 50.8 Å². The largest absolute Gasteiger partial charge is 0.497 e. The molecule has 0 spiro atoms. The number of imide groups is 1. The Balaban J connectivity index is 1.53. The van der Waals surface area contributed by atoms with Gasteiger partial charge in [0.2, 0.25) is 11.8 Å². The van der Waals surface area contributed by atoms with Crippen molar-refractivity contribution in [2.75, 3.05) is 18.6 Å². The van der Waals surface area contributed by atoms with Crippen LogP contribution in [0.3, 0.4) is 0 Å². The zero-order chi connectivity index (χ0) is 19.7. The molecule has 0 radical (unpaired) electrons.